The maximum Gasteiger partial charge on any atom is 0.0578 e. The van der Waals surface area contributed by atoms with Gasteiger partial charge in [-0.05, 0) is 25.7 Å². The van der Waals surface area contributed by atoms with Gasteiger partial charge < -0.3 is 4.74 Å². The van der Waals surface area contributed by atoms with Crippen molar-refractivity contribution >= 4 is 0 Å². The lowest BCUT2D eigenvalue weighted by Gasteiger charge is -2.26. The molecule has 0 aliphatic carbocycles. The van der Waals surface area contributed by atoms with E-state index in [0.717, 1.165) is 0 Å². The van der Waals surface area contributed by atoms with Crippen LogP contribution < -0.4 is 0 Å². The molecule has 0 heterocycles. The normalized spacial score (nSPS) is 13.7. The second-order valence-electron chi connectivity index (χ2n) is 9.48. The molecule has 0 aromatic heterocycles. The molecule has 0 N–H and O–H groups in total. The molecule has 0 aliphatic rings. The molecule has 0 fully saturated rings. The fourth-order valence-electron chi connectivity index (χ4n) is 4.38. The van der Waals surface area contributed by atoms with Crippen molar-refractivity contribution in [2.24, 2.45) is 0 Å². The van der Waals surface area contributed by atoms with Crippen LogP contribution in [0.25, 0.3) is 0 Å². The summed E-state index contributed by atoms with van der Waals surface area (Å²) in [5.41, 5.74) is 0. The van der Waals surface area contributed by atoms with Crippen molar-refractivity contribution < 1.29 is 4.74 Å². The van der Waals surface area contributed by atoms with Gasteiger partial charge in [-0.2, -0.15) is 0 Å². The molecule has 0 aromatic rings. The van der Waals surface area contributed by atoms with Gasteiger partial charge in [0.15, 0.2) is 0 Å². The van der Waals surface area contributed by atoms with Crippen LogP contribution in [0, 0.1) is 0 Å². The highest BCUT2D eigenvalue weighted by Gasteiger charge is 2.16. The number of ether oxygens (including phenoxy) is 1. The van der Waals surface area contributed by atoms with Gasteiger partial charge in [0.05, 0.1) is 12.2 Å². The zero-order chi connectivity index (χ0) is 21.4. The second-order valence-corrected chi connectivity index (χ2v) is 9.48. The third-order valence-electron chi connectivity index (χ3n) is 6.40. The van der Waals surface area contributed by atoms with Gasteiger partial charge in [-0.25, -0.2) is 0 Å². The van der Waals surface area contributed by atoms with Crippen molar-refractivity contribution in [3.05, 3.63) is 0 Å². The Morgan fingerprint density at radius 1 is 0.345 bits per heavy atom. The summed E-state index contributed by atoms with van der Waals surface area (Å²) in [4.78, 5) is 0. The van der Waals surface area contributed by atoms with E-state index in [9.17, 15) is 0 Å². The molecule has 0 aromatic carbocycles. The van der Waals surface area contributed by atoms with Crippen LogP contribution in [-0.2, 0) is 4.74 Å². The summed E-state index contributed by atoms with van der Waals surface area (Å²) in [7, 11) is 0. The van der Waals surface area contributed by atoms with E-state index in [1.54, 1.807) is 0 Å². The molecule has 2 unspecified atom stereocenters. The van der Waals surface area contributed by atoms with Crippen molar-refractivity contribution in [2.75, 3.05) is 0 Å². The Hall–Kier alpha value is -0.0400. The molecule has 0 saturated carbocycles. The van der Waals surface area contributed by atoms with Gasteiger partial charge in [0.25, 0.3) is 0 Å². The zero-order valence-electron chi connectivity index (χ0n) is 21.1. The van der Waals surface area contributed by atoms with Gasteiger partial charge in [0, 0.05) is 0 Å². The minimum Gasteiger partial charge on any atom is -0.375 e. The van der Waals surface area contributed by atoms with Crippen molar-refractivity contribution in [3.8, 4) is 0 Å². The first-order valence-corrected chi connectivity index (χ1v) is 13.9. The van der Waals surface area contributed by atoms with E-state index in [2.05, 4.69) is 27.7 Å². The van der Waals surface area contributed by atoms with E-state index in [1.807, 2.05) is 0 Å². The van der Waals surface area contributed by atoms with Crippen LogP contribution in [0.3, 0.4) is 0 Å². The molecule has 176 valence electrons. The summed E-state index contributed by atoms with van der Waals surface area (Å²) in [6.07, 6.45) is 31.1. The third kappa shape index (κ3) is 21.0. The maximum atomic E-state index is 6.80. The van der Waals surface area contributed by atoms with Crippen LogP contribution >= 0.6 is 0 Å². The first-order chi connectivity index (χ1) is 14.3. The van der Waals surface area contributed by atoms with Crippen LogP contribution in [-0.4, -0.2) is 12.2 Å². The molecule has 0 radical (unpaired) electrons. The molecule has 0 aliphatic heterocycles. The number of hydrogen-bond donors (Lipinski definition) is 0. The highest BCUT2D eigenvalue weighted by molar-refractivity contribution is 4.66. The Balaban J connectivity index is 4.36. The van der Waals surface area contributed by atoms with Gasteiger partial charge in [0.2, 0.25) is 0 Å². The van der Waals surface area contributed by atoms with Crippen LogP contribution in [0.2, 0.25) is 0 Å². The molecule has 0 saturated heterocycles. The highest BCUT2D eigenvalue weighted by atomic mass is 16.5. The summed E-state index contributed by atoms with van der Waals surface area (Å²) in [5.74, 6) is 0. The molecule has 0 bridgehead atoms. The Morgan fingerprint density at radius 2 is 0.586 bits per heavy atom. The Kier molecular flexibility index (Phi) is 24.2. The van der Waals surface area contributed by atoms with E-state index in [4.69, 9.17) is 4.74 Å². The van der Waals surface area contributed by atoms with Gasteiger partial charge in [-0.1, -0.05) is 143 Å². The van der Waals surface area contributed by atoms with Crippen molar-refractivity contribution in [3.63, 3.8) is 0 Å². The quantitative estimate of drug-likeness (QED) is 0.144. The molecular formula is C28H58O. The Labute approximate surface area is 186 Å². The first-order valence-electron chi connectivity index (χ1n) is 13.9. The minimum atomic E-state index is 0.527. The smallest absolute Gasteiger partial charge is 0.0578 e. The lowest BCUT2D eigenvalue weighted by Crippen LogP contribution is -2.23. The van der Waals surface area contributed by atoms with Gasteiger partial charge in [-0.15, -0.1) is 0 Å². The summed E-state index contributed by atoms with van der Waals surface area (Å²) in [6, 6.07) is 0. The largest absolute Gasteiger partial charge is 0.375 e. The molecule has 29 heavy (non-hydrogen) atoms. The zero-order valence-corrected chi connectivity index (χ0v) is 21.1. The van der Waals surface area contributed by atoms with Gasteiger partial charge in [-0.3, -0.25) is 0 Å². The fourth-order valence-corrected chi connectivity index (χ4v) is 4.38. The van der Waals surface area contributed by atoms with Crippen LogP contribution in [0.15, 0.2) is 0 Å². The monoisotopic (exact) mass is 410 g/mol. The van der Waals surface area contributed by atoms with Crippen LogP contribution in [0.1, 0.15) is 169 Å². The highest BCUT2D eigenvalue weighted by Crippen LogP contribution is 2.22. The van der Waals surface area contributed by atoms with Crippen molar-refractivity contribution in [1.82, 2.24) is 0 Å². The average Bonchev–Trinajstić information content (AvgIpc) is 2.72. The molecule has 1 heteroatoms. The number of rotatable bonds is 24. The van der Waals surface area contributed by atoms with Crippen LogP contribution in [0.4, 0.5) is 0 Å². The number of hydrogen-bond acceptors (Lipinski definition) is 1. The van der Waals surface area contributed by atoms with E-state index >= 15 is 0 Å². The van der Waals surface area contributed by atoms with E-state index in [0.29, 0.717) is 12.2 Å². The minimum absolute atomic E-state index is 0.527. The molecule has 0 spiro atoms. The average molecular weight is 411 g/mol. The van der Waals surface area contributed by atoms with Gasteiger partial charge >= 0.3 is 0 Å². The van der Waals surface area contributed by atoms with E-state index in [1.165, 1.54) is 141 Å². The van der Waals surface area contributed by atoms with Crippen molar-refractivity contribution in [2.45, 2.75) is 181 Å². The fraction of sp³-hybridized carbons (Fsp3) is 1.00. The molecule has 0 rings (SSSR count). The summed E-state index contributed by atoms with van der Waals surface area (Å²) >= 11 is 0. The molecule has 1 nitrogen and oxygen atoms in total. The van der Waals surface area contributed by atoms with E-state index in [-0.39, 0.29) is 0 Å². The molecule has 0 amide bonds. The predicted octanol–water partition coefficient (Wildman–Crippen LogP) is 10.4. The number of unbranched alkanes of at least 4 members (excludes halogenated alkanes) is 14. The van der Waals surface area contributed by atoms with Crippen molar-refractivity contribution in [1.29, 1.82) is 0 Å². The Morgan fingerprint density at radius 3 is 0.931 bits per heavy atom. The lowest BCUT2D eigenvalue weighted by molar-refractivity contribution is -0.0323. The summed E-state index contributed by atoms with van der Waals surface area (Å²) in [5, 5.41) is 0. The first kappa shape index (κ1) is 29.0. The lowest BCUT2D eigenvalue weighted by atomic mass is 10.0. The summed E-state index contributed by atoms with van der Waals surface area (Å²) < 4.78 is 6.80. The maximum absolute atomic E-state index is 6.80. The van der Waals surface area contributed by atoms with E-state index < -0.39 is 0 Å². The second kappa shape index (κ2) is 24.2. The summed E-state index contributed by atoms with van der Waals surface area (Å²) in [6.45, 7) is 9.24. The topological polar surface area (TPSA) is 9.23 Å². The SMILES string of the molecule is CCCCCCCCC(CCCCC)OC(CCCCC)CCCCCCCC. The Bertz CT molecular complexity index is 260. The third-order valence-corrected chi connectivity index (χ3v) is 6.40. The standard InChI is InChI=1S/C28H58O/c1-5-9-13-15-17-21-25-27(23-19-11-7-3)29-28(24-20-12-8-4)26-22-18-16-14-10-6-2/h27-28H,5-26H2,1-4H3. The van der Waals surface area contributed by atoms with Crippen LogP contribution in [0.5, 0.6) is 0 Å². The molecule has 2 atom stereocenters. The predicted molar refractivity (Wildman–Crippen MR) is 133 cm³/mol. The molecular weight excluding hydrogens is 352 g/mol. The van der Waals surface area contributed by atoms with Gasteiger partial charge in [0.1, 0.15) is 0 Å².